The summed E-state index contributed by atoms with van der Waals surface area (Å²) < 4.78 is 18.3. The Hall–Kier alpha value is -1.46. The van der Waals surface area contributed by atoms with E-state index in [-0.39, 0.29) is 23.9 Å². The van der Waals surface area contributed by atoms with Gasteiger partial charge >= 0.3 is 5.97 Å². The topological polar surface area (TPSA) is 41.6 Å². The van der Waals surface area contributed by atoms with Gasteiger partial charge in [0.25, 0.3) is 0 Å². The van der Waals surface area contributed by atoms with E-state index in [0.717, 1.165) is 25.1 Å². The molecule has 1 fully saturated rings. The Labute approximate surface area is 125 Å². The minimum atomic E-state index is -0.284. The summed E-state index contributed by atoms with van der Waals surface area (Å²) in [4.78, 5) is 14.3. The molecule has 21 heavy (non-hydrogen) atoms. The number of carbonyl (C=O) groups is 1. The molecule has 1 aromatic rings. The third kappa shape index (κ3) is 3.80. The molecule has 2 atom stereocenters. The van der Waals surface area contributed by atoms with E-state index in [1.165, 1.54) is 12.1 Å². The summed E-state index contributed by atoms with van der Waals surface area (Å²) in [5, 5.41) is 3.24. The maximum Gasteiger partial charge on any atom is 0.324 e. The molecule has 1 aliphatic rings. The minimum Gasteiger partial charge on any atom is -0.465 e. The molecule has 2 unspecified atom stereocenters. The van der Waals surface area contributed by atoms with Crippen molar-refractivity contribution in [2.24, 2.45) is 0 Å². The molecule has 0 bridgehead atoms. The van der Waals surface area contributed by atoms with E-state index in [1.807, 2.05) is 6.92 Å². The largest absolute Gasteiger partial charge is 0.465 e. The Morgan fingerprint density at radius 2 is 2.14 bits per heavy atom. The van der Waals surface area contributed by atoms with E-state index in [1.54, 1.807) is 12.1 Å². The maximum atomic E-state index is 13.1. The SMILES string of the molecule is CCOC(=O)C1CNCCN1C(CC)c1ccc(F)cc1. The van der Waals surface area contributed by atoms with Crippen LogP contribution in [0.15, 0.2) is 24.3 Å². The first kappa shape index (κ1) is 15.9. The van der Waals surface area contributed by atoms with Crippen LogP contribution in [0.3, 0.4) is 0 Å². The van der Waals surface area contributed by atoms with E-state index in [0.29, 0.717) is 13.2 Å². The molecule has 1 aliphatic heterocycles. The van der Waals surface area contributed by atoms with Crippen molar-refractivity contribution in [1.82, 2.24) is 10.2 Å². The lowest BCUT2D eigenvalue weighted by molar-refractivity contribution is -0.151. The summed E-state index contributed by atoms with van der Waals surface area (Å²) in [5.74, 6) is -0.430. The number of ether oxygens (including phenoxy) is 1. The van der Waals surface area contributed by atoms with Crippen LogP contribution in [-0.2, 0) is 9.53 Å². The van der Waals surface area contributed by atoms with Crippen molar-refractivity contribution >= 4 is 5.97 Å². The van der Waals surface area contributed by atoms with Crippen LogP contribution >= 0.6 is 0 Å². The van der Waals surface area contributed by atoms with Gasteiger partial charge in [-0.15, -0.1) is 0 Å². The lowest BCUT2D eigenvalue weighted by Crippen LogP contribution is -2.56. The van der Waals surface area contributed by atoms with Crippen LogP contribution in [-0.4, -0.2) is 43.2 Å². The zero-order chi connectivity index (χ0) is 15.2. The molecular weight excluding hydrogens is 271 g/mol. The number of hydrogen-bond acceptors (Lipinski definition) is 4. The summed E-state index contributed by atoms with van der Waals surface area (Å²) in [5.41, 5.74) is 1.04. The van der Waals surface area contributed by atoms with Gasteiger partial charge in [0.15, 0.2) is 0 Å². The van der Waals surface area contributed by atoms with Gasteiger partial charge in [-0.1, -0.05) is 19.1 Å². The predicted molar refractivity (Wildman–Crippen MR) is 79.4 cm³/mol. The van der Waals surface area contributed by atoms with Gasteiger partial charge < -0.3 is 10.1 Å². The lowest BCUT2D eigenvalue weighted by atomic mass is 9.99. The van der Waals surface area contributed by atoms with E-state index in [2.05, 4.69) is 17.1 Å². The zero-order valence-electron chi connectivity index (χ0n) is 12.6. The Balaban J connectivity index is 2.20. The first-order valence-corrected chi connectivity index (χ1v) is 7.56. The number of hydrogen-bond donors (Lipinski definition) is 1. The van der Waals surface area contributed by atoms with Crippen LogP contribution in [0.4, 0.5) is 4.39 Å². The van der Waals surface area contributed by atoms with Crippen LogP contribution in [0, 0.1) is 5.82 Å². The Bertz CT molecular complexity index is 464. The highest BCUT2D eigenvalue weighted by molar-refractivity contribution is 5.76. The maximum absolute atomic E-state index is 13.1. The Morgan fingerprint density at radius 3 is 2.76 bits per heavy atom. The van der Waals surface area contributed by atoms with Crippen molar-refractivity contribution in [2.75, 3.05) is 26.2 Å². The number of nitrogens with zero attached hydrogens (tertiary/aromatic N) is 1. The lowest BCUT2D eigenvalue weighted by Gasteiger charge is -2.40. The Morgan fingerprint density at radius 1 is 1.43 bits per heavy atom. The van der Waals surface area contributed by atoms with Crippen molar-refractivity contribution < 1.29 is 13.9 Å². The molecule has 0 spiro atoms. The second kappa shape index (κ2) is 7.52. The van der Waals surface area contributed by atoms with E-state index >= 15 is 0 Å². The number of esters is 1. The van der Waals surface area contributed by atoms with Crippen molar-refractivity contribution in [1.29, 1.82) is 0 Å². The molecule has 0 radical (unpaired) electrons. The second-order valence-electron chi connectivity index (χ2n) is 5.19. The highest BCUT2D eigenvalue weighted by atomic mass is 19.1. The summed E-state index contributed by atoms with van der Waals surface area (Å²) in [6, 6.07) is 6.36. The third-order valence-corrected chi connectivity index (χ3v) is 3.89. The average Bonchev–Trinajstić information content (AvgIpc) is 2.50. The normalized spacial score (nSPS) is 21.0. The molecule has 5 heteroatoms. The fourth-order valence-corrected chi connectivity index (χ4v) is 2.90. The number of nitrogens with one attached hydrogen (secondary N) is 1. The smallest absolute Gasteiger partial charge is 0.324 e. The van der Waals surface area contributed by atoms with Crippen molar-refractivity contribution in [2.45, 2.75) is 32.4 Å². The fraction of sp³-hybridized carbons (Fsp3) is 0.562. The summed E-state index contributed by atoms with van der Waals surface area (Å²) >= 11 is 0. The highest BCUT2D eigenvalue weighted by Gasteiger charge is 2.34. The molecule has 0 aliphatic carbocycles. The molecule has 1 N–H and O–H groups in total. The molecule has 1 aromatic carbocycles. The van der Waals surface area contributed by atoms with Crippen molar-refractivity contribution in [3.05, 3.63) is 35.6 Å². The van der Waals surface area contributed by atoms with E-state index < -0.39 is 0 Å². The number of halogens is 1. The molecule has 0 aromatic heterocycles. The highest BCUT2D eigenvalue weighted by Crippen LogP contribution is 2.27. The van der Waals surface area contributed by atoms with Gasteiger partial charge in [-0.3, -0.25) is 9.69 Å². The quantitative estimate of drug-likeness (QED) is 0.845. The first-order valence-electron chi connectivity index (χ1n) is 7.56. The van der Waals surface area contributed by atoms with Gasteiger partial charge in [0, 0.05) is 25.7 Å². The zero-order valence-corrected chi connectivity index (χ0v) is 12.6. The minimum absolute atomic E-state index is 0.0992. The summed E-state index contributed by atoms with van der Waals surface area (Å²) in [7, 11) is 0. The molecule has 0 saturated carbocycles. The standard InChI is InChI=1S/C16H23FN2O2/c1-3-14(12-5-7-13(17)8-6-12)19-10-9-18-11-15(19)16(20)21-4-2/h5-8,14-15,18H,3-4,9-11H2,1-2H3. The van der Waals surface area contributed by atoms with Gasteiger partial charge in [0.05, 0.1) is 6.61 Å². The molecule has 0 amide bonds. The molecular formula is C16H23FN2O2. The molecule has 4 nitrogen and oxygen atoms in total. The van der Waals surface area contributed by atoms with Crippen LogP contribution in [0.5, 0.6) is 0 Å². The van der Waals surface area contributed by atoms with Gasteiger partial charge in [-0.05, 0) is 31.0 Å². The van der Waals surface area contributed by atoms with Crippen LogP contribution < -0.4 is 5.32 Å². The van der Waals surface area contributed by atoms with Gasteiger partial charge in [0.2, 0.25) is 0 Å². The number of piperazine rings is 1. The Kier molecular flexibility index (Phi) is 5.70. The first-order chi connectivity index (χ1) is 10.2. The van der Waals surface area contributed by atoms with Gasteiger partial charge in [0.1, 0.15) is 11.9 Å². The van der Waals surface area contributed by atoms with Gasteiger partial charge in [-0.25, -0.2) is 4.39 Å². The number of carbonyl (C=O) groups excluding carboxylic acids is 1. The number of benzene rings is 1. The van der Waals surface area contributed by atoms with Gasteiger partial charge in [-0.2, -0.15) is 0 Å². The van der Waals surface area contributed by atoms with E-state index in [4.69, 9.17) is 4.74 Å². The fourth-order valence-electron chi connectivity index (χ4n) is 2.90. The summed E-state index contributed by atoms with van der Waals surface area (Å²) in [6.45, 7) is 6.49. The van der Waals surface area contributed by atoms with Crippen LogP contribution in [0.1, 0.15) is 31.9 Å². The molecule has 1 saturated heterocycles. The van der Waals surface area contributed by atoms with Crippen molar-refractivity contribution in [3.8, 4) is 0 Å². The van der Waals surface area contributed by atoms with E-state index in [9.17, 15) is 9.18 Å². The second-order valence-corrected chi connectivity index (χ2v) is 5.19. The predicted octanol–water partition coefficient (Wildman–Crippen LogP) is 2.11. The monoisotopic (exact) mass is 294 g/mol. The average molecular weight is 294 g/mol. The molecule has 2 rings (SSSR count). The van der Waals surface area contributed by atoms with Crippen LogP contribution in [0.2, 0.25) is 0 Å². The molecule has 116 valence electrons. The van der Waals surface area contributed by atoms with Crippen LogP contribution in [0.25, 0.3) is 0 Å². The molecule has 1 heterocycles. The third-order valence-electron chi connectivity index (χ3n) is 3.89. The van der Waals surface area contributed by atoms with Crippen molar-refractivity contribution in [3.63, 3.8) is 0 Å². The number of rotatable bonds is 5. The summed E-state index contributed by atoms with van der Waals surface area (Å²) in [6.07, 6.45) is 0.863.